The van der Waals surface area contributed by atoms with E-state index in [0.717, 1.165) is 12.1 Å². The number of carboxylic acids is 1. The van der Waals surface area contributed by atoms with Gasteiger partial charge in [0.15, 0.2) is 0 Å². The SMILES string of the molecule is COCCC(NS(=O)(=O)c1ccc(Br)cc1F)C(=O)O. The van der Waals surface area contributed by atoms with Crippen LogP contribution in [0.3, 0.4) is 0 Å². The highest BCUT2D eigenvalue weighted by molar-refractivity contribution is 9.10. The number of rotatable bonds is 7. The zero-order valence-corrected chi connectivity index (χ0v) is 12.9. The Hall–Kier alpha value is -1.03. The second kappa shape index (κ2) is 7.11. The Bertz CT molecular complexity index is 592. The molecule has 0 aliphatic rings. The number of hydrogen-bond acceptors (Lipinski definition) is 4. The fraction of sp³-hybridized carbons (Fsp3) is 0.364. The van der Waals surface area contributed by atoms with E-state index in [1.807, 2.05) is 4.72 Å². The Kier molecular flexibility index (Phi) is 6.06. The lowest BCUT2D eigenvalue weighted by molar-refractivity contribution is -0.139. The van der Waals surface area contributed by atoms with Crippen molar-refractivity contribution in [2.75, 3.05) is 13.7 Å². The second-order valence-electron chi connectivity index (χ2n) is 3.87. The number of carbonyl (C=O) groups is 1. The molecule has 0 spiro atoms. The first-order valence-electron chi connectivity index (χ1n) is 5.47. The molecule has 1 aromatic carbocycles. The third-order valence-corrected chi connectivity index (χ3v) is 4.39. The minimum absolute atomic E-state index is 0.0578. The van der Waals surface area contributed by atoms with Crippen LogP contribution in [0.5, 0.6) is 0 Å². The number of nitrogens with one attached hydrogen (secondary N) is 1. The van der Waals surface area contributed by atoms with Gasteiger partial charge in [0.25, 0.3) is 0 Å². The molecule has 6 nitrogen and oxygen atoms in total. The maximum atomic E-state index is 13.6. The van der Waals surface area contributed by atoms with Crippen LogP contribution < -0.4 is 4.72 Å². The van der Waals surface area contributed by atoms with Crippen molar-refractivity contribution < 1.29 is 27.4 Å². The van der Waals surface area contributed by atoms with Gasteiger partial charge in [0.2, 0.25) is 10.0 Å². The Balaban J connectivity index is 3.00. The zero-order valence-electron chi connectivity index (χ0n) is 10.5. The molecule has 0 heterocycles. The van der Waals surface area contributed by atoms with Crippen molar-refractivity contribution in [1.82, 2.24) is 4.72 Å². The molecular weight excluding hydrogens is 357 g/mol. The van der Waals surface area contributed by atoms with Crippen molar-refractivity contribution in [3.63, 3.8) is 0 Å². The molecule has 0 amide bonds. The summed E-state index contributed by atoms with van der Waals surface area (Å²) in [5, 5.41) is 8.94. The zero-order chi connectivity index (χ0) is 15.3. The molecule has 20 heavy (non-hydrogen) atoms. The maximum absolute atomic E-state index is 13.6. The Morgan fingerprint density at radius 1 is 1.55 bits per heavy atom. The van der Waals surface area contributed by atoms with Crippen LogP contribution in [0.25, 0.3) is 0 Å². The highest BCUT2D eigenvalue weighted by Crippen LogP contribution is 2.19. The molecule has 0 saturated carbocycles. The van der Waals surface area contributed by atoms with Gasteiger partial charge in [-0.1, -0.05) is 15.9 Å². The van der Waals surface area contributed by atoms with E-state index in [-0.39, 0.29) is 13.0 Å². The van der Waals surface area contributed by atoms with E-state index < -0.39 is 32.7 Å². The van der Waals surface area contributed by atoms with E-state index in [2.05, 4.69) is 15.9 Å². The first-order valence-corrected chi connectivity index (χ1v) is 7.74. The lowest BCUT2D eigenvalue weighted by Gasteiger charge is -2.14. The Labute approximate surface area is 124 Å². The summed E-state index contributed by atoms with van der Waals surface area (Å²) in [5.41, 5.74) is 0. The van der Waals surface area contributed by atoms with Crippen LogP contribution in [0.2, 0.25) is 0 Å². The normalized spacial score (nSPS) is 13.2. The van der Waals surface area contributed by atoms with Gasteiger partial charge in [-0.25, -0.2) is 12.8 Å². The average molecular weight is 370 g/mol. The van der Waals surface area contributed by atoms with Gasteiger partial charge < -0.3 is 9.84 Å². The molecule has 9 heteroatoms. The first kappa shape index (κ1) is 17.0. The van der Waals surface area contributed by atoms with Crippen LogP contribution in [0.4, 0.5) is 4.39 Å². The van der Waals surface area contributed by atoms with Gasteiger partial charge in [-0.3, -0.25) is 4.79 Å². The summed E-state index contributed by atoms with van der Waals surface area (Å²) in [5.74, 6) is -2.33. The van der Waals surface area contributed by atoms with E-state index in [9.17, 15) is 17.6 Å². The predicted octanol–water partition coefficient (Wildman–Crippen LogP) is 1.36. The molecule has 112 valence electrons. The number of benzene rings is 1. The van der Waals surface area contributed by atoms with Crippen LogP contribution in [-0.2, 0) is 19.6 Å². The molecular formula is C11H13BrFNO5S. The molecule has 0 aliphatic carbocycles. The largest absolute Gasteiger partial charge is 0.480 e. The highest BCUT2D eigenvalue weighted by Gasteiger charge is 2.27. The van der Waals surface area contributed by atoms with Crippen molar-refractivity contribution in [2.24, 2.45) is 0 Å². The van der Waals surface area contributed by atoms with Gasteiger partial charge in [0, 0.05) is 18.2 Å². The summed E-state index contributed by atoms with van der Waals surface area (Å²) < 4.78 is 44.6. The van der Waals surface area contributed by atoms with E-state index in [0.29, 0.717) is 4.47 Å². The summed E-state index contributed by atoms with van der Waals surface area (Å²) in [7, 11) is -2.90. The fourth-order valence-corrected chi connectivity index (χ4v) is 3.03. The summed E-state index contributed by atoms with van der Waals surface area (Å²) in [6.07, 6.45) is -0.0663. The summed E-state index contributed by atoms with van der Waals surface area (Å²) in [4.78, 5) is 10.4. The molecule has 1 aromatic rings. The number of sulfonamides is 1. The van der Waals surface area contributed by atoms with Gasteiger partial charge in [-0.15, -0.1) is 0 Å². The molecule has 1 rings (SSSR count). The quantitative estimate of drug-likeness (QED) is 0.756. The molecule has 1 atom stereocenters. The number of ether oxygens (including phenoxy) is 1. The van der Waals surface area contributed by atoms with Gasteiger partial charge >= 0.3 is 5.97 Å². The molecule has 0 aliphatic heterocycles. The first-order chi connectivity index (χ1) is 9.27. The summed E-state index contributed by atoms with van der Waals surface area (Å²) in [6.45, 7) is 0.0578. The van der Waals surface area contributed by atoms with Crippen LogP contribution >= 0.6 is 15.9 Å². The minimum Gasteiger partial charge on any atom is -0.480 e. The minimum atomic E-state index is -4.26. The summed E-state index contributed by atoms with van der Waals surface area (Å²) >= 11 is 3.01. The molecule has 1 unspecified atom stereocenters. The third kappa shape index (κ3) is 4.51. The van der Waals surface area contributed by atoms with Crippen LogP contribution in [0.1, 0.15) is 6.42 Å². The van der Waals surface area contributed by atoms with Crippen molar-refractivity contribution >= 4 is 31.9 Å². The maximum Gasteiger partial charge on any atom is 0.321 e. The van der Waals surface area contributed by atoms with Crippen LogP contribution in [-0.4, -0.2) is 39.3 Å². The van der Waals surface area contributed by atoms with Crippen LogP contribution in [0.15, 0.2) is 27.6 Å². The van der Waals surface area contributed by atoms with Crippen molar-refractivity contribution in [3.8, 4) is 0 Å². The van der Waals surface area contributed by atoms with Crippen LogP contribution in [0, 0.1) is 5.82 Å². The van der Waals surface area contributed by atoms with Crippen molar-refractivity contribution in [3.05, 3.63) is 28.5 Å². The number of methoxy groups -OCH3 is 1. The second-order valence-corrected chi connectivity index (χ2v) is 6.47. The Morgan fingerprint density at radius 2 is 2.20 bits per heavy atom. The lowest BCUT2D eigenvalue weighted by Crippen LogP contribution is -2.41. The number of carboxylic acid groups (broad SMARTS) is 1. The summed E-state index contributed by atoms with van der Waals surface area (Å²) in [6, 6.07) is 2.00. The fourth-order valence-electron chi connectivity index (χ4n) is 1.41. The van der Waals surface area contributed by atoms with E-state index in [1.165, 1.54) is 13.2 Å². The predicted molar refractivity (Wildman–Crippen MR) is 72.3 cm³/mol. The van der Waals surface area contributed by atoms with Crippen molar-refractivity contribution in [2.45, 2.75) is 17.4 Å². The van der Waals surface area contributed by atoms with E-state index in [1.54, 1.807) is 0 Å². The van der Waals surface area contributed by atoms with Gasteiger partial charge in [0.05, 0.1) is 0 Å². The van der Waals surface area contributed by atoms with Gasteiger partial charge in [-0.05, 0) is 24.6 Å². The standard InChI is InChI=1S/C11H13BrFNO5S/c1-19-5-4-9(11(15)16)14-20(17,18)10-3-2-7(12)6-8(10)13/h2-3,6,9,14H,4-5H2,1H3,(H,15,16). The number of hydrogen-bond donors (Lipinski definition) is 2. The molecule has 0 fully saturated rings. The Morgan fingerprint density at radius 3 is 2.70 bits per heavy atom. The number of aliphatic carboxylic acids is 1. The van der Waals surface area contributed by atoms with Crippen molar-refractivity contribution in [1.29, 1.82) is 0 Å². The highest BCUT2D eigenvalue weighted by atomic mass is 79.9. The van der Waals surface area contributed by atoms with Gasteiger partial charge in [-0.2, -0.15) is 4.72 Å². The lowest BCUT2D eigenvalue weighted by atomic mass is 10.2. The van der Waals surface area contributed by atoms with E-state index >= 15 is 0 Å². The molecule has 0 radical (unpaired) electrons. The molecule has 0 aromatic heterocycles. The molecule has 0 saturated heterocycles. The average Bonchev–Trinajstić information content (AvgIpc) is 2.33. The van der Waals surface area contributed by atoms with Gasteiger partial charge in [0.1, 0.15) is 16.8 Å². The molecule has 2 N–H and O–H groups in total. The van der Waals surface area contributed by atoms with E-state index in [4.69, 9.17) is 9.84 Å². The topological polar surface area (TPSA) is 92.7 Å². The monoisotopic (exact) mass is 369 g/mol. The smallest absolute Gasteiger partial charge is 0.321 e. The molecule has 0 bridgehead atoms. The third-order valence-electron chi connectivity index (χ3n) is 2.39. The number of halogens is 2.